The number of aryl methyl sites for hydroxylation is 1. The van der Waals surface area contributed by atoms with Gasteiger partial charge in [-0.05, 0) is 31.9 Å². The lowest BCUT2D eigenvalue weighted by Gasteiger charge is -2.31. The molecule has 1 aromatic carbocycles. The summed E-state index contributed by atoms with van der Waals surface area (Å²) in [5.74, 6) is 1.01. The zero-order valence-electron chi connectivity index (χ0n) is 14.0. The largest absolute Gasteiger partial charge is 0.461 e. The van der Waals surface area contributed by atoms with E-state index in [1.165, 1.54) is 6.33 Å². The molecule has 1 saturated heterocycles. The molecule has 1 aliphatic rings. The van der Waals surface area contributed by atoms with E-state index >= 15 is 0 Å². The van der Waals surface area contributed by atoms with Crippen LogP contribution in [0.3, 0.4) is 0 Å². The van der Waals surface area contributed by atoms with E-state index in [4.69, 9.17) is 4.42 Å². The van der Waals surface area contributed by atoms with E-state index in [0.717, 1.165) is 29.7 Å². The van der Waals surface area contributed by atoms with E-state index in [9.17, 15) is 9.59 Å². The molecular formula is C19H19N3O3. The van der Waals surface area contributed by atoms with Crippen LogP contribution in [0.1, 0.15) is 40.6 Å². The van der Waals surface area contributed by atoms with Crippen LogP contribution in [0.2, 0.25) is 0 Å². The van der Waals surface area contributed by atoms with Crippen LogP contribution in [0.4, 0.5) is 0 Å². The van der Waals surface area contributed by atoms with Crippen LogP contribution < -0.4 is 5.56 Å². The first-order valence-electron chi connectivity index (χ1n) is 8.45. The molecule has 0 bridgehead atoms. The van der Waals surface area contributed by atoms with Gasteiger partial charge in [0.25, 0.3) is 11.5 Å². The molecule has 25 heavy (non-hydrogen) atoms. The molecule has 6 heteroatoms. The molecule has 4 rings (SSSR count). The maximum atomic E-state index is 12.9. The molecule has 0 saturated carbocycles. The summed E-state index contributed by atoms with van der Waals surface area (Å²) in [4.78, 5) is 33.0. The topological polar surface area (TPSA) is 79.2 Å². The van der Waals surface area contributed by atoms with Gasteiger partial charge >= 0.3 is 0 Å². The maximum Gasteiger partial charge on any atom is 0.257 e. The number of nitrogens with zero attached hydrogens (tertiary/aromatic N) is 2. The zero-order valence-corrected chi connectivity index (χ0v) is 14.0. The Labute approximate surface area is 144 Å². The molecule has 0 atom stereocenters. The predicted molar refractivity (Wildman–Crippen MR) is 93.7 cm³/mol. The van der Waals surface area contributed by atoms with E-state index in [1.807, 2.05) is 36.1 Å². The van der Waals surface area contributed by atoms with E-state index in [-0.39, 0.29) is 17.4 Å². The van der Waals surface area contributed by atoms with Gasteiger partial charge < -0.3 is 14.3 Å². The van der Waals surface area contributed by atoms with Crippen molar-refractivity contribution in [1.82, 2.24) is 14.9 Å². The van der Waals surface area contributed by atoms with Crippen molar-refractivity contribution in [3.8, 4) is 0 Å². The number of para-hydroxylation sites is 1. The number of H-pyrrole nitrogens is 1. The number of hydrogen-bond acceptors (Lipinski definition) is 4. The normalized spacial score (nSPS) is 15.6. The lowest BCUT2D eigenvalue weighted by molar-refractivity contribution is 0.0713. The van der Waals surface area contributed by atoms with Crippen LogP contribution in [0.15, 0.2) is 45.9 Å². The second-order valence-corrected chi connectivity index (χ2v) is 6.48. The van der Waals surface area contributed by atoms with Crippen LogP contribution in [0, 0.1) is 6.92 Å². The summed E-state index contributed by atoms with van der Waals surface area (Å²) < 4.78 is 5.72. The Morgan fingerprint density at radius 2 is 2.08 bits per heavy atom. The number of aromatic amines is 1. The highest BCUT2D eigenvalue weighted by molar-refractivity contribution is 6.05. The molecule has 1 aliphatic heterocycles. The minimum atomic E-state index is -0.136. The van der Waals surface area contributed by atoms with Crippen molar-refractivity contribution in [2.24, 2.45) is 0 Å². The molecule has 1 fully saturated rings. The third-order valence-electron chi connectivity index (χ3n) is 4.80. The van der Waals surface area contributed by atoms with Gasteiger partial charge in [0.05, 0.1) is 17.6 Å². The number of furan rings is 1. The van der Waals surface area contributed by atoms with Gasteiger partial charge in [-0.1, -0.05) is 12.1 Å². The Balaban J connectivity index is 1.52. The summed E-state index contributed by atoms with van der Waals surface area (Å²) in [6, 6.07) is 9.15. The monoisotopic (exact) mass is 337 g/mol. The van der Waals surface area contributed by atoms with Gasteiger partial charge in [-0.2, -0.15) is 0 Å². The molecule has 128 valence electrons. The SMILES string of the molecule is Cc1cc2cccc(C(=O)N3CCC(c4cc(=O)[nH]cn4)CC3)c2o1. The first-order chi connectivity index (χ1) is 12.1. The Morgan fingerprint density at radius 1 is 1.28 bits per heavy atom. The lowest BCUT2D eigenvalue weighted by Crippen LogP contribution is -2.38. The van der Waals surface area contributed by atoms with Crippen LogP contribution >= 0.6 is 0 Å². The van der Waals surface area contributed by atoms with E-state index in [2.05, 4.69) is 9.97 Å². The van der Waals surface area contributed by atoms with Gasteiger partial charge in [0.15, 0.2) is 0 Å². The Hall–Kier alpha value is -2.89. The van der Waals surface area contributed by atoms with Gasteiger partial charge in [0.1, 0.15) is 11.3 Å². The van der Waals surface area contributed by atoms with Gasteiger partial charge in [-0.25, -0.2) is 4.98 Å². The average molecular weight is 337 g/mol. The number of piperidine rings is 1. The van der Waals surface area contributed by atoms with Crippen molar-refractivity contribution in [3.63, 3.8) is 0 Å². The fourth-order valence-corrected chi connectivity index (χ4v) is 3.52. The minimum Gasteiger partial charge on any atom is -0.461 e. The molecular weight excluding hydrogens is 318 g/mol. The summed E-state index contributed by atoms with van der Waals surface area (Å²) in [5, 5.41) is 0.950. The Kier molecular flexibility index (Phi) is 3.87. The molecule has 1 amide bonds. The zero-order chi connectivity index (χ0) is 17.4. The predicted octanol–water partition coefficient (Wildman–Crippen LogP) is 2.84. The quantitative estimate of drug-likeness (QED) is 0.780. The minimum absolute atomic E-state index is 0.00253. The van der Waals surface area contributed by atoms with Crippen molar-refractivity contribution in [2.75, 3.05) is 13.1 Å². The number of rotatable bonds is 2. The number of benzene rings is 1. The number of carbonyl (C=O) groups is 1. The van der Waals surface area contributed by atoms with Crippen molar-refractivity contribution < 1.29 is 9.21 Å². The molecule has 3 heterocycles. The summed E-state index contributed by atoms with van der Waals surface area (Å²) in [6.45, 7) is 3.18. The third-order valence-corrected chi connectivity index (χ3v) is 4.80. The fourth-order valence-electron chi connectivity index (χ4n) is 3.52. The highest BCUT2D eigenvalue weighted by Gasteiger charge is 2.27. The van der Waals surface area contributed by atoms with Crippen LogP contribution in [0.5, 0.6) is 0 Å². The number of likely N-dealkylation sites (tertiary alicyclic amines) is 1. The first-order valence-corrected chi connectivity index (χ1v) is 8.45. The highest BCUT2D eigenvalue weighted by atomic mass is 16.3. The van der Waals surface area contributed by atoms with Gasteiger partial charge in [0, 0.05) is 30.5 Å². The van der Waals surface area contributed by atoms with Crippen LogP contribution in [-0.2, 0) is 0 Å². The van der Waals surface area contributed by atoms with E-state index in [1.54, 1.807) is 6.07 Å². The Morgan fingerprint density at radius 3 is 2.84 bits per heavy atom. The van der Waals surface area contributed by atoms with Crippen LogP contribution in [0.25, 0.3) is 11.0 Å². The number of carbonyl (C=O) groups excluding carboxylic acids is 1. The second-order valence-electron chi connectivity index (χ2n) is 6.48. The molecule has 2 aromatic heterocycles. The van der Waals surface area contributed by atoms with E-state index < -0.39 is 0 Å². The molecule has 3 aromatic rings. The molecule has 0 spiro atoms. The Bertz CT molecular complexity index is 981. The molecule has 0 radical (unpaired) electrons. The standard InChI is InChI=1S/C19H19N3O3/c1-12-9-14-3-2-4-15(18(14)25-12)19(24)22-7-5-13(6-8-22)16-10-17(23)21-11-20-16/h2-4,9-11,13H,5-8H2,1H3,(H,20,21,23). The molecule has 6 nitrogen and oxygen atoms in total. The molecule has 1 N–H and O–H groups in total. The van der Waals surface area contributed by atoms with Gasteiger partial charge in [-0.15, -0.1) is 0 Å². The number of hydrogen-bond donors (Lipinski definition) is 1. The highest BCUT2D eigenvalue weighted by Crippen LogP contribution is 2.28. The van der Waals surface area contributed by atoms with Crippen molar-refractivity contribution >= 4 is 16.9 Å². The number of aromatic nitrogens is 2. The van der Waals surface area contributed by atoms with Gasteiger partial charge in [0.2, 0.25) is 0 Å². The average Bonchev–Trinajstić information content (AvgIpc) is 3.01. The molecule has 0 unspecified atom stereocenters. The van der Waals surface area contributed by atoms with Crippen molar-refractivity contribution in [3.05, 3.63) is 64.0 Å². The number of fused-ring (bicyclic) bond motifs is 1. The third kappa shape index (κ3) is 2.95. The maximum absolute atomic E-state index is 12.9. The molecule has 0 aliphatic carbocycles. The summed E-state index contributed by atoms with van der Waals surface area (Å²) >= 11 is 0. The summed E-state index contributed by atoms with van der Waals surface area (Å²) in [6.07, 6.45) is 3.04. The van der Waals surface area contributed by atoms with Crippen LogP contribution in [-0.4, -0.2) is 33.9 Å². The fraction of sp³-hybridized carbons (Fsp3) is 0.316. The summed E-state index contributed by atoms with van der Waals surface area (Å²) in [5.41, 5.74) is 1.93. The first kappa shape index (κ1) is 15.6. The lowest BCUT2D eigenvalue weighted by atomic mass is 9.93. The second kappa shape index (κ2) is 6.20. The van der Waals surface area contributed by atoms with E-state index in [0.29, 0.717) is 24.2 Å². The number of nitrogens with one attached hydrogen (secondary N) is 1. The number of amides is 1. The summed E-state index contributed by atoms with van der Waals surface area (Å²) in [7, 11) is 0. The smallest absolute Gasteiger partial charge is 0.257 e. The van der Waals surface area contributed by atoms with Crippen molar-refractivity contribution in [1.29, 1.82) is 0 Å². The van der Waals surface area contributed by atoms with Crippen molar-refractivity contribution in [2.45, 2.75) is 25.7 Å². The van der Waals surface area contributed by atoms with Gasteiger partial charge in [-0.3, -0.25) is 9.59 Å².